The van der Waals surface area contributed by atoms with Crippen LogP contribution in [0.4, 0.5) is 5.69 Å². The highest BCUT2D eigenvalue weighted by Crippen LogP contribution is 2.39. The molecule has 9 nitrogen and oxygen atoms in total. The Bertz CT molecular complexity index is 953. The number of aromatic nitrogens is 2. The van der Waals surface area contributed by atoms with Crippen LogP contribution in [-0.4, -0.2) is 36.4 Å². The van der Waals surface area contributed by atoms with Crippen LogP contribution in [0.3, 0.4) is 0 Å². The summed E-state index contributed by atoms with van der Waals surface area (Å²) in [6.07, 6.45) is 0. The Hall–Kier alpha value is -3.62. The lowest BCUT2D eigenvalue weighted by Gasteiger charge is -2.11. The lowest BCUT2D eigenvalue weighted by Crippen LogP contribution is -1.95. The second kappa shape index (κ2) is 7.09. The molecule has 0 N–H and O–H groups in total. The third-order valence-electron chi connectivity index (χ3n) is 3.68. The summed E-state index contributed by atoms with van der Waals surface area (Å²) in [6.45, 7) is 0. The molecule has 0 aliphatic rings. The lowest BCUT2D eigenvalue weighted by atomic mass is 10.1. The van der Waals surface area contributed by atoms with Gasteiger partial charge in [-0.3, -0.25) is 10.1 Å². The normalized spacial score (nSPS) is 10.4. The van der Waals surface area contributed by atoms with Crippen molar-refractivity contribution in [3.05, 3.63) is 46.5 Å². The molecule has 0 unspecified atom stereocenters. The van der Waals surface area contributed by atoms with Crippen molar-refractivity contribution in [1.29, 1.82) is 0 Å². The van der Waals surface area contributed by atoms with Crippen LogP contribution >= 0.6 is 0 Å². The summed E-state index contributed by atoms with van der Waals surface area (Å²) in [6, 6.07) is 9.28. The maximum atomic E-state index is 10.9. The van der Waals surface area contributed by atoms with Gasteiger partial charge in [-0.05, 0) is 0 Å². The molecule has 9 heteroatoms. The van der Waals surface area contributed by atoms with Crippen molar-refractivity contribution in [2.45, 2.75) is 0 Å². The molecule has 26 heavy (non-hydrogen) atoms. The number of rotatable bonds is 6. The number of hydrogen-bond acceptors (Lipinski definition) is 8. The lowest BCUT2D eigenvalue weighted by molar-refractivity contribution is -0.384. The quantitative estimate of drug-likeness (QED) is 0.488. The third-order valence-corrected chi connectivity index (χ3v) is 3.68. The molecule has 3 aromatic rings. The maximum Gasteiger partial charge on any atom is 0.270 e. The smallest absolute Gasteiger partial charge is 0.270 e. The average Bonchev–Trinajstić information content (AvgIpc) is 3.16. The minimum Gasteiger partial charge on any atom is -0.496 e. The van der Waals surface area contributed by atoms with Gasteiger partial charge in [0.05, 0.1) is 31.8 Å². The van der Waals surface area contributed by atoms with Crippen molar-refractivity contribution in [3.8, 4) is 40.1 Å². The highest BCUT2D eigenvalue weighted by molar-refractivity contribution is 5.70. The molecular weight excluding hydrogens is 342 g/mol. The molecule has 0 saturated heterocycles. The van der Waals surface area contributed by atoms with Crippen LogP contribution in [0.15, 0.2) is 40.9 Å². The summed E-state index contributed by atoms with van der Waals surface area (Å²) in [5, 5.41) is 14.8. The van der Waals surface area contributed by atoms with Gasteiger partial charge in [0.1, 0.15) is 5.75 Å². The number of methoxy groups -OCH3 is 3. The van der Waals surface area contributed by atoms with Crippen LogP contribution in [0, 0.1) is 10.1 Å². The van der Waals surface area contributed by atoms with Gasteiger partial charge in [-0.2, -0.15) is 4.98 Å². The molecule has 3 rings (SSSR count). The summed E-state index contributed by atoms with van der Waals surface area (Å²) in [5.74, 6) is 1.83. The Morgan fingerprint density at radius 2 is 1.69 bits per heavy atom. The van der Waals surface area contributed by atoms with Crippen molar-refractivity contribution >= 4 is 5.69 Å². The number of nitro groups is 1. The Labute approximate surface area is 148 Å². The van der Waals surface area contributed by atoms with Gasteiger partial charge in [0.25, 0.3) is 11.6 Å². The molecule has 0 fully saturated rings. The number of nitro benzene ring substituents is 1. The molecule has 0 bridgehead atoms. The summed E-state index contributed by atoms with van der Waals surface area (Å²) >= 11 is 0. The van der Waals surface area contributed by atoms with Crippen molar-refractivity contribution in [3.63, 3.8) is 0 Å². The molecule has 0 radical (unpaired) electrons. The number of non-ortho nitro benzene ring substituents is 1. The second-order valence-corrected chi connectivity index (χ2v) is 5.14. The zero-order chi connectivity index (χ0) is 18.7. The zero-order valence-electron chi connectivity index (χ0n) is 14.3. The molecular formula is C17H15N3O6. The monoisotopic (exact) mass is 357 g/mol. The fourth-order valence-corrected chi connectivity index (χ4v) is 2.41. The molecule has 0 aliphatic carbocycles. The topological polar surface area (TPSA) is 110 Å². The Morgan fingerprint density at radius 1 is 1.00 bits per heavy atom. The van der Waals surface area contributed by atoms with Gasteiger partial charge in [0.2, 0.25) is 5.82 Å². The summed E-state index contributed by atoms with van der Waals surface area (Å²) < 4.78 is 21.2. The molecule has 0 atom stereocenters. The van der Waals surface area contributed by atoms with Gasteiger partial charge >= 0.3 is 0 Å². The number of nitrogens with zero attached hydrogens (tertiary/aromatic N) is 3. The van der Waals surface area contributed by atoms with E-state index in [9.17, 15) is 10.1 Å². The van der Waals surface area contributed by atoms with E-state index in [1.54, 1.807) is 24.3 Å². The van der Waals surface area contributed by atoms with Crippen LogP contribution in [0.5, 0.6) is 17.2 Å². The van der Waals surface area contributed by atoms with E-state index >= 15 is 0 Å². The molecule has 2 aromatic carbocycles. The average molecular weight is 357 g/mol. The number of benzene rings is 2. The predicted octanol–water partition coefficient (Wildman–Crippen LogP) is 3.34. The second-order valence-electron chi connectivity index (χ2n) is 5.14. The SMILES string of the molecule is COc1cc(OC)c(-c2nc(-c3cccc([N+](=O)[O-])c3)no2)cc1OC. The largest absolute Gasteiger partial charge is 0.496 e. The number of ether oxygens (including phenoxy) is 3. The molecule has 1 aromatic heterocycles. The molecule has 134 valence electrons. The van der Waals surface area contributed by atoms with E-state index in [2.05, 4.69) is 10.1 Å². The Morgan fingerprint density at radius 3 is 2.35 bits per heavy atom. The molecule has 1 heterocycles. The van der Waals surface area contributed by atoms with E-state index < -0.39 is 4.92 Å². The van der Waals surface area contributed by atoms with Gasteiger partial charge in [-0.25, -0.2) is 0 Å². The van der Waals surface area contributed by atoms with E-state index in [1.807, 2.05) is 0 Å². The fraction of sp³-hybridized carbons (Fsp3) is 0.176. The first-order valence-corrected chi connectivity index (χ1v) is 7.46. The minimum absolute atomic E-state index is 0.0578. The van der Waals surface area contributed by atoms with Crippen molar-refractivity contribution in [2.24, 2.45) is 0 Å². The van der Waals surface area contributed by atoms with E-state index in [0.717, 1.165) is 0 Å². The van der Waals surface area contributed by atoms with E-state index in [-0.39, 0.29) is 17.4 Å². The van der Waals surface area contributed by atoms with Crippen molar-refractivity contribution in [1.82, 2.24) is 10.1 Å². The first-order valence-electron chi connectivity index (χ1n) is 7.46. The van der Waals surface area contributed by atoms with Crippen molar-refractivity contribution in [2.75, 3.05) is 21.3 Å². The minimum atomic E-state index is -0.484. The molecule has 0 aliphatic heterocycles. The van der Waals surface area contributed by atoms with Gasteiger partial charge < -0.3 is 18.7 Å². The predicted molar refractivity (Wildman–Crippen MR) is 91.5 cm³/mol. The molecule has 0 amide bonds. The van der Waals surface area contributed by atoms with Crippen LogP contribution in [-0.2, 0) is 0 Å². The Balaban J connectivity index is 2.05. The van der Waals surface area contributed by atoms with Gasteiger partial charge in [-0.1, -0.05) is 17.3 Å². The first kappa shape index (κ1) is 17.2. The van der Waals surface area contributed by atoms with E-state index in [0.29, 0.717) is 28.4 Å². The summed E-state index contributed by atoms with van der Waals surface area (Å²) in [7, 11) is 4.53. The van der Waals surface area contributed by atoms with Crippen LogP contribution in [0.25, 0.3) is 22.8 Å². The standard InChI is InChI=1S/C17H15N3O6/c1-23-13-9-15(25-3)14(24-2)8-12(13)17-18-16(19-26-17)10-5-4-6-11(7-10)20(21)22/h4-9H,1-3H3. The van der Waals surface area contributed by atoms with Gasteiger partial charge in [0, 0.05) is 29.8 Å². The fourth-order valence-electron chi connectivity index (χ4n) is 2.41. The van der Waals surface area contributed by atoms with E-state index in [4.69, 9.17) is 18.7 Å². The highest BCUT2D eigenvalue weighted by Gasteiger charge is 2.19. The maximum absolute atomic E-state index is 10.9. The first-order chi connectivity index (χ1) is 12.6. The van der Waals surface area contributed by atoms with E-state index in [1.165, 1.54) is 33.5 Å². The summed E-state index contributed by atoms with van der Waals surface area (Å²) in [5.41, 5.74) is 0.917. The van der Waals surface area contributed by atoms with Crippen LogP contribution in [0.2, 0.25) is 0 Å². The molecule has 0 spiro atoms. The highest BCUT2D eigenvalue weighted by atomic mass is 16.6. The number of hydrogen-bond donors (Lipinski definition) is 0. The Kier molecular flexibility index (Phi) is 4.70. The zero-order valence-corrected chi connectivity index (χ0v) is 14.3. The third kappa shape index (κ3) is 3.14. The van der Waals surface area contributed by atoms with Crippen molar-refractivity contribution < 1.29 is 23.7 Å². The van der Waals surface area contributed by atoms with Crippen LogP contribution in [0.1, 0.15) is 0 Å². The van der Waals surface area contributed by atoms with Gasteiger partial charge in [0.15, 0.2) is 11.5 Å². The molecule has 0 saturated carbocycles. The van der Waals surface area contributed by atoms with Gasteiger partial charge in [-0.15, -0.1) is 0 Å². The van der Waals surface area contributed by atoms with Crippen LogP contribution < -0.4 is 14.2 Å². The summed E-state index contributed by atoms with van der Waals surface area (Å²) in [4.78, 5) is 14.8.